The Morgan fingerprint density at radius 2 is 2.50 bits per heavy atom. The van der Waals surface area contributed by atoms with Gasteiger partial charge < -0.3 is 0 Å². The third-order valence-corrected chi connectivity index (χ3v) is 1.25. The van der Waals surface area contributed by atoms with Crippen LogP contribution in [-0.2, 0) is 0 Å². The Morgan fingerprint density at radius 3 is 3.08 bits per heavy atom. The summed E-state index contributed by atoms with van der Waals surface area (Å²) in [6.07, 6.45) is 1.38. The Labute approximate surface area is 68.8 Å². The number of nitrogens with one attached hydrogen (secondary N) is 1. The van der Waals surface area contributed by atoms with E-state index in [1.54, 1.807) is 0 Å². The molecule has 0 aliphatic carbocycles. The predicted molar refractivity (Wildman–Crippen MR) is 40.6 cm³/mol. The molecule has 5 heteroatoms. The smallest absolute Gasteiger partial charge is 0.283 e. The summed E-state index contributed by atoms with van der Waals surface area (Å²) >= 11 is 0. The van der Waals surface area contributed by atoms with Gasteiger partial charge >= 0.3 is 0 Å². The molecule has 0 unspecified atom stereocenters. The quantitative estimate of drug-likeness (QED) is 0.332. The van der Waals surface area contributed by atoms with E-state index in [0.29, 0.717) is 5.56 Å². The first-order valence-electron chi connectivity index (χ1n) is 3.15. The lowest BCUT2D eigenvalue weighted by molar-refractivity contribution is 0.0948. The lowest BCUT2D eigenvalue weighted by atomic mass is 10.2. The minimum Gasteiger partial charge on any atom is -0.289 e. The van der Waals surface area contributed by atoms with Crippen LogP contribution in [0.15, 0.2) is 18.3 Å². The van der Waals surface area contributed by atoms with Crippen molar-refractivity contribution in [2.45, 2.75) is 0 Å². The fourth-order valence-electron chi connectivity index (χ4n) is 0.698. The number of amides is 1. The van der Waals surface area contributed by atoms with Crippen LogP contribution in [0.5, 0.6) is 0 Å². The number of nitrogens with two attached hydrogens (primary N) is 1. The molecule has 1 heterocycles. The summed E-state index contributed by atoms with van der Waals surface area (Å²) in [6.45, 7) is 0. The van der Waals surface area contributed by atoms with Crippen molar-refractivity contribution in [2.24, 2.45) is 5.84 Å². The van der Waals surface area contributed by atoms with Gasteiger partial charge in [-0.25, -0.2) is 5.84 Å². The van der Waals surface area contributed by atoms with Gasteiger partial charge in [-0.1, -0.05) is 0 Å². The molecule has 0 aliphatic heterocycles. The molecule has 0 atom stereocenters. The Balaban J connectivity index is 3.04. The number of nitrogens with zero attached hydrogens (tertiary/aromatic N) is 2. The molecule has 1 aromatic rings. The highest BCUT2D eigenvalue weighted by atomic mass is 16.2. The maximum atomic E-state index is 10.9. The van der Waals surface area contributed by atoms with Crippen molar-refractivity contribution in [3.63, 3.8) is 0 Å². The summed E-state index contributed by atoms with van der Waals surface area (Å²) in [6, 6.07) is 4.76. The van der Waals surface area contributed by atoms with Crippen molar-refractivity contribution < 1.29 is 4.79 Å². The zero-order chi connectivity index (χ0) is 8.97. The standard InChI is InChI=1S/C7H6N4O/c8-4-5-1-2-10-6(3-5)7(12)11-9/h1-3H,9H2,(H,11,12). The van der Waals surface area contributed by atoms with E-state index in [2.05, 4.69) is 4.98 Å². The molecule has 0 aromatic carbocycles. The minimum atomic E-state index is -0.507. The largest absolute Gasteiger partial charge is 0.289 e. The summed E-state index contributed by atoms with van der Waals surface area (Å²) in [5.74, 6) is 4.37. The van der Waals surface area contributed by atoms with Gasteiger partial charge in [0.05, 0.1) is 11.6 Å². The molecule has 0 spiro atoms. The van der Waals surface area contributed by atoms with E-state index in [4.69, 9.17) is 11.1 Å². The van der Waals surface area contributed by atoms with Crippen molar-refractivity contribution >= 4 is 5.91 Å². The van der Waals surface area contributed by atoms with Gasteiger partial charge in [0.15, 0.2) is 0 Å². The molecule has 0 saturated heterocycles. The van der Waals surface area contributed by atoms with Gasteiger partial charge in [-0.05, 0) is 12.1 Å². The molecule has 1 amide bonds. The van der Waals surface area contributed by atoms with E-state index in [9.17, 15) is 4.79 Å². The van der Waals surface area contributed by atoms with Crippen LogP contribution in [0.2, 0.25) is 0 Å². The Kier molecular flexibility index (Phi) is 2.35. The van der Waals surface area contributed by atoms with Gasteiger partial charge in [0.1, 0.15) is 5.69 Å². The maximum absolute atomic E-state index is 10.9. The van der Waals surface area contributed by atoms with Gasteiger partial charge in [-0.3, -0.25) is 15.2 Å². The number of aromatic nitrogens is 1. The average Bonchev–Trinajstić information content (AvgIpc) is 2.17. The lowest BCUT2D eigenvalue weighted by Crippen LogP contribution is -2.30. The average molecular weight is 162 g/mol. The fraction of sp³-hybridized carbons (Fsp3) is 0. The van der Waals surface area contributed by atoms with Crippen LogP contribution in [0.25, 0.3) is 0 Å². The van der Waals surface area contributed by atoms with Gasteiger partial charge in [-0.2, -0.15) is 5.26 Å². The fourth-order valence-corrected chi connectivity index (χ4v) is 0.698. The molecule has 3 N–H and O–H groups in total. The van der Waals surface area contributed by atoms with Crippen molar-refractivity contribution in [3.8, 4) is 6.07 Å². The maximum Gasteiger partial charge on any atom is 0.283 e. The molecule has 0 saturated carbocycles. The van der Waals surface area contributed by atoms with Crippen LogP contribution < -0.4 is 11.3 Å². The van der Waals surface area contributed by atoms with E-state index in [1.165, 1.54) is 18.3 Å². The van der Waals surface area contributed by atoms with Crippen molar-refractivity contribution in [3.05, 3.63) is 29.6 Å². The molecular weight excluding hydrogens is 156 g/mol. The van der Waals surface area contributed by atoms with E-state index in [-0.39, 0.29) is 5.69 Å². The molecule has 0 radical (unpaired) electrons. The summed E-state index contributed by atoms with van der Waals surface area (Å²) < 4.78 is 0. The molecule has 5 nitrogen and oxygen atoms in total. The zero-order valence-corrected chi connectivity index (χ0v) is 6.11. The van der Waals surface area contributed by atoms with E-state index < -0.39 is 5.91 Å². The first kappa shape index (κ1) is 8.17. The normalized spacial score (nSPS) is 8.67. The lowest BCUT2D eigenvalue weighted by Gasteiger charge is -1.96. The van der Waals surface area contributed by atoms with Crippen LogP contribution >= 0.6 is 0 Å². The van der Waals surface area contributed by atoms with Crippen molar-refractivity contribution in [2.75, 3.05) is 0 Å². The van der Waals surface area contributed by atoms with Crippen LogP contribution in [0.3, 0.4) is 0 Å². The van der Waals surface area contributed by atoms with Crippen LogP contribution in [0, 0.1) is 11.3 Å². The molecule has 12 heavy (non-hydrogen) atoms. The summed E-state index contributed by atoms with van der Waals surface area (Å²) in [4.78, 5) is 14.6. The summed E-state index contributed by atoms with van der Waals surface area (Å²) in [7, 11) is 0. The monoisotopic (exact) mass is 162 g/mol. The predicted octanol–water partition coefficient (Wildman–Crippen LogP) is -0.443. The Hall–Kier alpha value is -1.93. The third kappa shape index (κ3) is 1.56. The minimum absolute atomic E-state index is 0.136. The number of carbonyl (C=O) groups is 1. The molecule has 60 valence electrons. The first-order valence-corrected chi connectivity index (χ1v) is 3.15. The number of rotatable bonds is 1. The second-order valence-corrected chi connectivity index (χ2v) is 2.02. The van der Waals surface area contributed by atoms with Crippen molar-refractivity contribution in [1.82, 2.24) is 10.4 Å². The van der Waals surface area contributed by atoms with Crippen molar-refractivity contribution in [1.29, 1.82) is 5.26 Å². The number of hydrazine groups is 1. The van der Waals surface area contributed by atoms with E-state index >= 15 is 0 Å². The molecule has 1 rings (SSSR count). The summed E-state index contributed by atoms with van der Waals surface area (Å²) in [5.41, 5.74) is 2.44. The number of hydrogen-bond donors (Lipinski definition) is 2. The number of nitriles is 1. The zero-order valence-electron chi connectivity index (χ0n) is 6.11. The van der Waals surface area contributed by atoms with Gasteiger partial charge in [0.25, 0.3) is 5.91 Å². The molecule has 0 aliphatic rings. The van der Waals surface area contributed by atoms with E-state index in [1.807, 2.05) is 11.5 Å². The van der Waals surface area contributed by atoms with E-state index in [0.717, 1.165) is 0 Å². The third-order valence-electron chi connectivity index (χ3n) is 1.25. The number of carbonyl (C=O) groups excluding carboxylic acids is 1. The van der Waals surface area contributed by atoms with Gasteiger partial charge in [0, 0.05) is 6.20 Å². The highest BCUT2D eigenvalue weighted by Crippen LogP contribution is 1.98. The Morgan fingerprint density at radius 1 is 1.75 bits per heavy atom. The number of pyridine rings is 1. The van der Waals surface area contributed by atoms with Gasteiger partial charge in [-0.15, -0.1) is 0 Å². The number of nitrogen functional groups attached to an aromatic ring is 1. The summed E-state index contributed by atoms with van der Waals surface area (Å²) in [5, 5.41) is 8.48. The highest BCUT2D eigenvalue weighted by Gasteiger charge is 2.04. The Bertz CT molecular complexity index is 342. The SMILES string of the molecule is N#Cc1ccnc(C(=O)NN)c1. The topological polar surface area (TPSA) is 91.8 Å². The van der Waals surface area contributed by atoms with Crippen LogP contribution in [-0.4, -0.2) is 10.9 Å². The number of hydrogen-bond acceptors (Lipinski definition) is 4. The second-order valence-electron chi connectivity index (χ2n) is 2.02. The molecular formula is C7H6N4O. The molecule has 1 aromatic heterocycles. The highest BCUT2D eigenvalue weighted by molar-refractivity contribution is 5.91. The molecule has 0 bridgehead atoms. The van der Waals surface area contributed by atoms with Crippen LogP contribution in [0.4, 0.5) is 0 Å². The molecule has 0 fully saturated rings. The van der Waals surface area contributed by atoms with Crippen LogP contribution in [0.1, 0.15) is 16.1 Å². The second kappa shape index (κ2) is 3.46. The van der Waals surface area contributed by atoms with Gasteiger partial charge in [0.2, 0.25) is 0 Å². The first-order chi connectivity index (χ1) is 5.77.